The molecule has 0 amide bonds. The van der Waals surface area contributed by atoms with E-state index in [2.05, 4.69) is 15.1 Å². The Morgan fingerprint density at radius 3 is 2.93 bits per heavy atom. The van der Waals surface area contributed by atoms with Gasteiger partial charge in [-0.05, 0) is 44.5 Å². The number of aromatic nitrogens is 2. The molecule has 3 rings (SSSR count). The number of fused-ring (bicyclic) bond motifs is 2. The molecule has 0 aliphatic carbocycles. The summed E-state index contributed by atoms with van der Waals surface area (Å²) < 4.78 is 0. The maximum Gasteiger partial charge on any atom is 0.151 e. The smallest absolute Gasteiger partial charge is 0.151 e. The summed E-state index contributed by atoms with van der Waals surface area (Å²) >= 11 is 5.77. The zero-order valence-corrected chi connectivity index (χ0v) is 9.37. The van der Waals surface area contributed by atoms with Crippen molar-refractivity contribution < 1.29 is 0 Å². The number of halogens is 1. The van der Waals surface area contributed by atoms with Gasteiger partial charge in [0.05, 0.1) is 5.69 Å². The van der Waals surface area contributed by atoms with Crippen molar-refractivity contribution in [2.24, 2.45) is 0 Å². The standard InChI is InChI=1S/C11H14ClN3/c12-10-3-2-9(13-14-10)11-4-1-6-15(8-11)7-5-11/h2-3H,1,4-8H2. The minimum Gasteiger partial charge on any atom is -0.302 e. The molecule has 2 unspecified atom stereocenters. The molecule has 3 heterocycles. The van der Waals surface area contributed by atoms with Gasteiger partial charge in [-0.25, -0.2) is 0 Å². The summed E-state index contributed by atoms with van der Waals surface area (Å²) in [6.45, 7) is 3.62. The highest BCUT2D eigenvalue weighted by molar-refractivity contribution is 6.29. The second-order valence-electron chi connectivity index (χ2n) is 4.65. The number of hydrogen-bond acceptors (Lipinski definition) is 3. The van der Waals surface area contributed by atoms with Crippen molar-refractivity contribution >= 4 is 11.6 Å². The fourth-order valence-electron chi connectivity index (χ4n) is 2.93. The van der Waals surface area contributed by atoms with Crippen molar-refractivity contribution in [3.63, 3.8) is 0 Å². The van der Waals surface area contributed by atoms with Crippen LogP contribution in [0.5, 0.6) is 0 Å². The van der Waals surface area contributed by atoms with Gasteiger partial charge in [-0.15, -0.1) is 5.10 Å². The maximum atomic E-state index is 5.77. The van der Waals surface area contributed by atoms with Crippen molar-refractivity contribution in [3.05, 3.63) is 23.0 Å². The van der Waals surface area contributed by atoms with Crippen LogP contribution in [-0.2, 0) is 5.41 Å². The van der Waals surface area contributed by atoms with Gasteiger partial charge in [-0.1, -0.05) is 11.6 Å². The first-order valence-electron chi connectivity index (χ1n) is 5.51. The van der Waals surface area contributed by atoms with Gasteiger partial charge in [-0.3, -0.25) is 0 Å². The Bertz CT molecular complexity index is 361. The molecule has 3 nitrogen and oxygen atoms in total. The molecule has 0 aromatic carbocycles. The summed E-state index contributed by atoms with van der Waals surface area (Å²) in [4.78, 5) is 2.53. The SMILES string of the molecule is Clc1ccc(C23CCCN(CC2)C3)nn1. The summed E-state index contributed by atoms with van der Waals surface area (Å²) in [5.74, 6) is 0. The molecule has 4 heteroatoms. The van der Waals surface area contributed by atoms with Crippen LogP contribution < -0.4 is 0 Å². The molecule has 2 bridgehead atoms. The zero-order valence-electron chi connectivity index (χ0n) is 8.62. The van der Waals surface area contributed by atoms with Crippen LogP contribution in [0.3, 0.4) is 0 Å². The second-order valence-corrected chi connectivity index (χ2v) is 5.04. The average Bonchev–Trinajstić information content (AvgIpc) is 2.56. The molecule has 1 aromatic rings. The average molecular weight is 224 g/mol. The topological polar surface area (TPSA) is 29.0 Å². The van der Waals surface area contributed by atoms with E-state index in [9.17, 15) is 0 Å². The third-order valence-corrected chi connectivity index (χ3v) is 3.94. The lowest BCUT2D eigenvalue weighted by Gasteiger charge is -2.32. The van der Waals surface area contributed by atoms with Gasteiger partial charge in [0.1, 0.15) is 0 Å². The molecule has 15 heavy (non-hydrogen) atoms. The monoisotopic (exact) mass is 223 g/mol. The number of rotatable bonds is 1. The minimum atomic E-state index is 0.274. The first kappa shape index (κ1) is 9.55. The Balaban J connectivity index is 1.95. The largest absolute Gasteiger partial charge is 0.302 e. The van der Waals surface area contributed by atoms with E-state index < -0.39 is 0 Å². The van der Waals surface area contributed by atoms with Crippen LogP contribution >= 0.6 is 11.6 Å². The lowest BCUT2D eigenvalue weighted by atomic mass is 9.78. The molecule has 2 aliphatic rings. The Labute approximate surface area is 94.4 Å². The van der Waals surface area contributed by atoms with E-state index in [4.69, 9.17) is 11.6 Å². The van der Waals surface area contributed by atoms with E-state index in [1.165, 1.54) is 32.4 Å². The molecule has 2 aliphatic heterocycles. The van der Waals surface area contributed by atoms with Gasteiger partial charge < -0.3 is 4.90 Å². The van der Waals surface area contributed by atoms with E-state index >= 15 is 0 Å². The molecule has 80 valence electrons. The van der Waals surface area contributed by atoms with E-state index in [0.29, 0.717) is 5.15 Å². The zero-order chi connectivity index (χ0) is 10.3. The molecule has 0 radical (unpaired) electrons. The van der Waals surface area contributed by atoms with E-state index in [1.807, 2.05) is 12.1 Å². The van der Waals surface area contributed by atoms with Crippen LogP contribution in [-0.4, -0.2) is 34.7 Å². The predicted octanol–water partition coefficient (Wildman–Crippen LogP) is 1.87. The lowest BCUT2D eigenvalue weighted by Crippen LogP contribution is -2.37. The van der Waals surface area contributed by atoms with E-state index in [0.717, 1.165) is 12.2 Å². The Kier molecular flexibility index (Phi) is 2.18. The fraction of sp³-hybridized carbons (Fsp3) is 0.636. The first-order chi connectivity index (χ1) is 7.28. The summed E-state index contributed by atoms with van der Waals surface area (Å²) in [7, 11) is 0. The molecule has 2 fully saturated rings. The van der Waals surface area contributed by atoms with Crippen LogP contribution in [0.2, 0.25) is 5.15 Å². The third-order valence-electron chi connectivity index (χ3n) is 3.74. The van der Waals surface area contributed by atoms with Crippen molar-refractivity contribution in [1.29, 1.82) is 0 Å². The van der Waals surface area contributed by atoms with Gasteiger partial charge in [0.15, 0.2) is 5.15 Å². The summed E-state index contributed by atoms with van der Waals surface area (Å²) in [5.41, 5.74) is 1.41. The predicted molar refractivity (Wildman–Crippen MR) is 59.0 cm³/mol. The second kappa shape index (κ2) is 3.42. The molecule has 0 saturated carbocycles. The van der Waals surface area contributed by atoms with Gasteiger partial charge in [0.25, 0.3) is 0 Å². The normalized spacial score (nSPS) is 34.3. The summed E-state index contributed by atoms with van der Waals surface area (Å²) in [6.07, 6.45) is 3.76. The quantitative estimate of drug-likeness (QED) is 0.728. The van der Waals surface area contributed by atoms with Gasteiger partial charge in [-0.2, -0.15) is 5.10 Å². The maximum absolute atomic E-state index is 5.77. The Hall–Kier alpha value is -0.670. The minimum absolute atomic E-state index is 0.274. The van der Waals surface area contributed by atoms with Crippen LogP contribution in [0.15, 0.2) is 12.1 Å². The molecule has 0 spiro atoms. The molecular formula is C11H14ClN3. The highest BCUT2D eigenvalue weighted by atomic mass is 35.5. The van der Waals surface area contributed by atoms with Gasteiger partial charge in [0.2, 0.25) is 0 Å². The first-order valence-corrected chi connectivity index (χ1v) is 5.88. The molecule has 0 N–H and O–H groups in total. The molecule has 2 atom stereocenters. The van der Waals surface area contributed by atoms with E-state index in [1.54, 1.807) is 0 Å². The molecule has 2 saturated heterocycles. The number of nitrogens with zero attached hydrogens (tertiary/aromatic N) is 3. The molecule has 1 aromatic heterocycles. The van der Waals surface area contributed by atoms with Gasteiger partial charge >= 0.3 is 0 Å². The lowest BCUT2D eigenvalue weighted by molar-refractivity contribution is 0.239. The van der Waals surface area contributed by atoms with Crippen LogP contribution in [0.25, 0.3) is 0 Å². The summed E-state index contributed by atoms with van der Waals surface area (Å²) in [6, 6.07) is 3.90. The number of piperidine rings is 1. The van der Waals surface area contributed by atoms with Crippen LogP contribution in [0, 0.1) is 0 Å². The van der Waals surface area contributed by atoms with Crippen LogP contribution in [0.1, 0.15) is 25.0 Å². The Morgan fingerprint density at radius 1 is 1.20 bits per heavy atom. The van der Waals surface area contributed by atoms with Crippen molar-refractivity contribution in [2.45, 2.75) is 24.7 Å². The van der Waals surface area contributed by atoms with Crippen molar-refractivity contribution in [2.75, 3.05) is 19.6 Å². The third kappa shape index (κ3) is 1.54. The van der Waals surface area contributed by atoms with E-state index in [-0.39, 0.29) is 5.41 Å². The highest BCUT2D eigenvalue weighted by Gasteiger charge is 2.43. The van der Waals surface area contributed by atoms with Gasteiger partial charge in [0, 0.05) is 12.0 Å². The summed E-state index contributed by atoms with van der Waals surface area (Å²) in [5, 5.41) is 8.71. The highest BCUT2D eigenvalue weighted by Crippen LogP contribution is 2.40. The Morgan fingerprint density at radius 2 is 2.13 bits per heavy atom. The van der Waals surface area contributed by atoms with Crippen LogP contribution in [0.4, 0.5) is 0 Å². The molecular weight excluding hydrogens is 210 g/mol. The fourth-order valence-corrected chi connectivity index (χ4v) is 3.03. The van der Waals surface area contributed by atoms with Crippen molar-refractivity contribution in [3.8, 4) is 0 Å². The van der Waals surface area contributed by atoms with Crippen molar-refractivity contribution in [1.82, 2.24) is 15.1 Å². The number of hydrogen-bond donors (Lipinski definition) is 0.